The van der Waals surface area contributed by atoms with Crippen LogP contribution in [0.1, 0.15) is 25.6 Å². The van der Waals surface area contributed by atoms with Crippen molar-refractivity contribution in [3.63, 3.8) is 0 Å². The Morgan fingerprint density at radius 2 is 2.39 bits per heavy atom. The van der Waals surface area contributed by atoms with Gasteiger partial charge in [-0.1, -0.05) is 6.92 Å². The van der Waals surface area contributed by atoms with Gasteiger partial charge in [-0.25, -0.2) is 9.50 Å². The lowest BCUT2D eigenvalue weighted by molar-refractivity contribution is 0.263. The standard InChI is InChI=1S/C13H17BrN4/c1-2-17-7-3-5-10(17)9-12-15-13-11(14)6-4-8-18(13)16-12/h4,6,8,10H,2-3,5,7,9H2,1H3. The summed E-state index contributed by atoms with van der Waals surface area (Å²) in [7, 11) is 0. The fraction of sp³-hybridized carbons (Fsp3) is 0.538. The highest BCUT2D eigenvalue weighted by atomic mass is 79.9. The van der Waals surface area contributed by atoms with Crippen molar-refractivity contribution < 1.29 is 0 Å². The maximum Gasteiger partial charge on any atom is 0.169 e. The van der Waals surface area contributed by atoms with E-state index in [0.717, 1.165) is 28.9 Å². The Morgan fingerprint density at radius 3 is 3.17 bits per heavy atom. The minimum Gasteiger partial charge on any atom is -0.300 e. The fourth-order valence-electron chi connectivity index (χ4n) is 2.76. The van der Waals surface area contributed by atoms with Gasteiger partial charge >= 0.3 is 0 Å². The van der Waals surface area contributed by atoms with Crippen LogP contribution in [0.5, 0.6) is 0 Å². The fourth-order valence-corrected chi connectivity index (χ4v) is 3.18. The lowest BCUT2D eigenvalue weighted by atomic mass is 10.1. The molecule has 0 radical (unpaired) electrons. The van der Waals surface area contributed by atoms with Gasteiger partial charge in [-0.3, -0.25) is 0 Å². The van der Waals surface area contributed by atoms with Gasteiger partial charge in [0.2, 0.25) is 0 Å². The molecule has 1 unspecified atom stereocenters. The third-order valence-corrected chi connectivity index (χ3v) is 4.30. The van der Waals surface area contributed by atoms with E-state index in [-0.39, 0.29) is 0 Å². The monoisotopic (exact) mass is 308 g/mol. The summed E-state index contributed by atoms with van der Waals surface area (Å²) >= 11 is 3.51. The molecule has 0 aliphatic carbocycles. The van der Waals surface area contributed by atoms with Crippen LogP contribution in [0.4, 0.5) is 0 Å². The van der Waals surface area contributed by atoms with E-state index < -0.39 is 0 Å². The number of aromatic nitrogens is 3. The lowest BCUT2D eigenvalue weighted by Gasteiger charge is -2.21. The molecule has 0 N–H and O–H groups in total. The zero-order chi connectivity index (χ0) is 12.5. The summed E-state index contributed by atoms with van der Waals surface area (Å²) in [6.45, 7) is 4.58. The average molecular weight is 309 g/mol. The number of fused-ring (bicyclic) bond motifs is 1. The Kier molecular flexibility index (Phi) is 3.35. The molecule has 5 heteroatoms. The van der Waals surface area contributed by atoms with Crippen LogP contribution in [0.2, 0.25) is 0 Å². The predicted molar refractivity (Wildman–Crippen MR) is 74.7 cm³/mol. The highest BCUT2D eigenvalue weighted by molar-refractivity contribution is 9.10. The van der Waals surface area contributed by atoms with E-state index in [0.29, 0.717) is 6.04 Å². The minimum atomic E-state index is 0.617. The molecule has 0 saturated carbocycles. The first-order chi connectivity index (χ1) is 8.78. The number of likely N-dealkylation sites (N-methyl/N-ethyl adjacent to an activating group) is 1. The number of likely N-dealkylation sites (tertiary alicyclic amines) is 1. The summed E-state index contributed by atoms with van der Waals surface area (Å²) in [6.07, 6.45) is 5.48. The van der Waals surface area contributed by atoms with Crippen LogP contribution in [0.15, 0.2) is 22.8 Å². The van der Waals surface area contributed by atoms with Crippen molar-refractivity contribution in [1.82, 2.24) is 19.5 Å². The van der Waals surface area contributed by atoms with Crippen molar-refractivity contribution >= 4 is 21.6 Å². The van der Waals surface area contributed by atoms with Gasteiger partial charge in [-0.15, -0.1) is 0 Å². The Bertz CT molecular complexity index is 551. The quantitative estimate of drug-likeness (QED) is 0.873. The second-order valence-corrected chi connectivity index (χ2v) is 5.64. The number of halogens is 1. The molecule has 1 fully saturated rings. The molecule has 96 valence electrons. The number of pyridine rings is 1. The van der Waals surface area contributed by atoms with Gasteiger partial charge in [0.25, 0.3) is 0 Å². The van der Waals surface area contributed by atoms with Gasteiger partial charge in [0, 0.05) is 18.7 Å². The molecule has 3 heterocycles. The molecule has 4 nitrogen and oxygen atoms in total. The number of hydrogen-bond acceptors (Lipinski definition) is 3. The lowest BCUT2D eigenvalue weighted by Crippen LogP contribution is -2.31. The maximum atomic E-state index is 4.62. The van der Waals surface area contributed by atoms with Crippen molar-refractivity contribution in [2.45, 2.75) is 32.2 Å². The number of nitrogens with zero attached hydrogens (tertiary/aromatic N) is 4. The smallest absolute Gasteiger partial charge is 0.169 e. The van der Waals surface area contributed by atoms with Crippen molar-refractivity contribution in [3.05, 3.63) is 28.6 Å². The van der Waals surface area contributed by atoms with Gasteiger partial charge < -0.3 is 4.90 Å². The van der Waals surface area contributed by atoms with Crippen LogP contribution in [0.25, 0.3) is 5.65 Å². The molecule has 3 rings (SSSR count). The molecular formula is C13H17BrN4. The first-order valence-corrected chi connectivity index (χ1v) is 7.31. The Labute approximate surface area is 115 Å². The second-order valence-electron chi connectivity index (χ2n) is 4.78. The molecule has 0 spiro atoms. The van der Waals surface area contributed by atoms with E-state index in [1.54, 1.807) is 0 Å². The highest BCUT2D eigenvalue weighted by Gasteiger charge is 2.24. The number of rotatable bonds is 3. The molecule has 2 aromatic rings. The van der Waals surface area contributed by atoms with E-state index in [9.17, 15) is 0 Å². The second kappa shape index (κ2) is 4.97. The SMILES string of the molecule is CCN1CCCC1Cc1nc2c(Br)cccn2n1. The third-order valence-electron chi connectivity index (χ3n) is 3.68. The van der Waals surface area contributed by atoms with Crippen molar-refractivity contribution in [2.75, 3.05) is 13.1 Å². The molecule has 1 saturated heterocycles. The van der Waals surface area contributed by atoms with E-state index in [1.165, 1.54) is 19.4 Å². The van der Waals surface area contributed by atoms with Gasteiger partial charge in [-0.05, 0) is 54.0 Å². The van der Waals surface area contributed by atoms with Gasteiger partial charge in [-0.2, -0.15) is 5.10 Å². The molecule has 0 bridgehead atoms. The van der Waals surface area contributed by atoms with E-state index in [4.69, 9.17) is 0 Å². The largest absolute Gasteiger partial charge is 0.300 e. The summed E-state index contributed by atoms with van der Waals surface area (Å²) in [5.74, 6) is 0.951. The van der Waals surface area contributed by atoms with Crippen LogP contribution >= 0.6 is 15.9 Å². The summed E-state index contributed by atoms with van der Waals surface area (Å²) in [5, 5.41) is 4.55. The number of hydrogen-bond donors (Lipinski definition) is 0. The maximum absolute atomic E-state index is 4.62. The Hall–Kier alpha value is -0.940. The third kappa shape index (κ3) is 2.17. The molecular weight excluding hydrogens is 292 g/mol. The van der Waals surface area contributed by atoms with Gasteiger partial charge in [0.05, 0.1) is 4.47 Å². The summed E-state index contributed by atoms with van der Waals surface area (Å²) in [6, 6.07) is 4.59. The van der Waals surface area contributed by atoms with Crippen LogP contribution in [0, 0.1) is 0 Å². The first-order valence-electron chi connectivity index (χ1n) is 6.51. The summed E-state index contributed by atoms with van der Waals surface area (Å²) < 4.78 is 2.85. The molecule has 18 heavy (non-hydrogen) atoms. The van der Waals surface area contributed by atoms with Gasteiger partial charge in [0.1, 0.15) is 0 Å². The minimum absolute atomic E-state index is 0.617. The Balaban J connectivity index is 1.84. The van der Waals surface area contributed by atoms with E-state index >= 15 is 0 Å². The topological polar surface area (TPSA) is 33.4 Å². The molecule has 0 aromatic carbocycles. The van der Waals surface area contributed by atoms with Crippen molar-refractivity contribution in [2.24, 2.45) is 0 Å². The van der Waals surface area contributed by atoms with E-state index in [1.807, 2.05) is 22.8 Å². The molecule has 1 aliphatic rings. The van der Waals surface area contributed by atoms with Gasteiger partial charge in [0.15, 0.2) is 11.5 Å². The van der Waals surface area contributed by atoms with Crippen LogP contribution in [-0.4, -0.2) is 38.6 Å². The predicted octanol–water partition coefficient (Wildman–Crippen LogP) is 2.52. The first kappa shape index (κ1) is 12.1. The molecule has 2 aromatic heterocycles. The molecule has 1 atom stereocenters. The zero-order valence-electron chi connectivity index (χ0n) is 10.5. The Morgan fingerprint density at radius 1 is 1.50 bits per heavy atom. The van der Waals surface area contributed by atoms with Crippen LogP contribution < -0.4 is 0 Å². The average Bonchev–Trinajstić information content (AvgIpc) is 2.96. The zero-order valence-corrected chi connectivity index (χ0v) is 12.1. The summed E-state index contributed by atoms with van der Waals surface area (Å²) in [4.78, 5) is 7.15. The van der Waals surface area contributed by atoms with Crippen LogP contribution in [0.3, 0.4) is 0 Å². The van der Waals surface area contributed by atoms with Crippen molar-refractivity contribution in [1.29, 1.82) is 0 Å². The van der Waals surface area contributed by atoms with Crippen LogP contribution in [-0.2, 0) is 6.42 Å². The highest BCUT2D eigenvalue weighted by Crippen LogP contribution is 2.21. The normalized spacial score (nSPS) is 20.9. The van der Waals surface area contributed by atoms with E-state index in [2.05, 4.69) is 37.8 Å². The van der Waals surface area contributed by atoms with Crippen molar-refractivity contribution in [3.8, 4) is 0 Å². The molecule has 0 amide bonds. The molecule has 1 aliphatic heterocycles. The summed E-state index contributed by atoms with van der Waals surface area (Å²) in [5.41, 5.74) is 0.911.